The lowest BCUT2D eigenvalue weighted by Gasteiger charge is -2.37. The van der Waals surface area contributed by atoms with Crippen molar-refractivity contribution in [1.29, 1.82) is 0 Å². The Morgan fingerprint density at radius 3 is 2.41 bits per heavy atom. The van der Waals surface area contributed by atoms with Crippen LogP contribution < -0.4 is 5.73 Å². The highest BCUT2D eigenvalue weighted by Gasteiger charge is 2.53. The molecule has 1 aliphatic rings. The van der Waals surface area contributed by atoms with Crippen molar-refractivity contribution in [2.24, 2.45) is 0 Å². The number of aromatic nitrogens is 4. The van der Waals surface area contributed by atoms with E-state index in [1.165, 1.54) is 0 Å². The molecule has 1 saturated heterocycles. The third-order valence-electron chi connectivity index (χ3n) is 7.12. The first kappa shape index (κ1) is 26.8. The molecule has 3 heterocycles. The Labute approximate surface area is 205 Å². The Morgan fingerprint density at radius 2 is 1.85 bits per heavy atom. The van der Waals surface area contributed by atoms with Crippen LogP contribution in [0.1, 0.15) is 54.4 Å². The summed E-state index contributed by atoms with van der Waals surface area (Å²) in [5.74, 6) is 3.65. The first-order valence-corrected chi connectivity index (χ1v) is 17.3. The molecule has 2 atom stereocenters. The molecule has 34 heavy (non-hydrogen) atoms. The van der Waals surface area contributed by atoms with Crippen LogP contribution in [-0.2, 0) is 14.8 Å². The van der Waals surface area contributed by atoms with E-state index in [1.807, 2.05) is 25.3 Å². The lowest BCUT2D eigenvalue weighted by atomic mass is 10.0. The summed E-state index contributed by atoms with van der Waals surface area (Å²) in [6.07, 6.45) is 2.22. The fourth-order valence-corrected chi connectivity index (χ4v) is 8.73. The predicted octanol–water partition coefficient (Wildman–Crippen LogP) is 4.91. The Morgan fingerprint density at radius 1 is 1.21 bits per heavy atom. The maximum absolute atomic E-state index is 14.1. The molecule has 1 aliphatic heterocycles. The highest BCUT2D eigenvalue weighted by molar-refractivity contribution is 6.87. The minimum absolute atomic E-state index is 0.0297. The van der Waals surface area contributed by atoms with Crippen molar-refractivity contribution in [3.8, 4) is 11.5 Å². The standard InChI is InChI=1S/C24H39FN5O2Si2/c1-9-34(10-2,11-3)15-14-23(16-31-22(4,5)6)12-13-24(32-23,33(7)8)30-17-27-18-19(26)28-21(25)29-20(18)30/h17H,9-13,16H2,1-8H3,(H2,26,28,29)/t23-,24+/m1/s1. The van der Waals surface area contributed by atoms with Crippen molar-refractivity contribution in [3.05, 3.63) is 12.4 Å². The Kier molecular flexibility index (Phi) is 7.63. The molecule has 0 aliphatic carbocycles. The van der Waals surface area contributed by atoms with Crippen LogP contribution in [0.3, 0.4) is 0 Å². The van der Waals surface area contributed by atoms with Crippen molar-refractivity contribution >= 4 is 33.9 Å². The first-order chi connectivity index (χ1) is 15.8. The average molecular weight is 505 g/mol. The molecule has 0 spiro atoms. The number of hydrogen-bond acceptors (Lipinski definition) is 6. The predicted molar refractivity (Wildman–Crippen MR) is 139 cm³/mol. The number of rotatable bonds is 7. The van der Waals surface area contributed by atoms with Crippen LogP contribution in [0.2, 0.25) is 31.2 Å². The quantitative estimate of drug-likeness (QED) is 0.327. The zero-order valence-corrected chi connectivity index (χ0v) is 23.9. The van der Waals surface area contributed by atoms with E-state index in [-0.39, 0.29) is 11.4 Å². The highest BCUT2D eigenvalue weighted by Crippen LogP contribution is 2.45. The zero-order chi connectivity index (χ0) is 25.4. The number of halogens is 1. The molecule has 10 heteroatoms. The molecule has 0 aromatic carbocycles. The minimum Gasteiger partial charge on any atom is -0.382 e. The average Bonchev–Trinajstić information content (AvgIpc) is 3.37. The molecule has 1 radical (unpaired) electrons. The Hall–Kier alpha value is -1.81. The van der Waals surface area contributed by atoms with Crippen LogP contribution in [-0.4, -0.2) is 54.2 Å². The van der Waals surface area contributed by atoms with E-state index in [9.17, 15) is 4.39 Å². The van der Waals surface area contributed by atoms with E-state index >= 15 is 0 Å². The molecule has 0 bridgehead atoms. The minimum atomic E-state index is -1.70. The maximum Gasteiger partial charge on any atom is 0.312 e. The highest BCUT2D eigenvalue weighted by atomic mass is 28.3. The van der Waals surface area contributed by atoms with E-state index in [2.05, 4.69) is 60.3 Å². The second-order valence-corrected chi connectivity index (χ2v) is 18.3. The summed E-state index contributed by atoms with van der Waals surface area (Å²) >= 11 is 0. The van der Waals surface area contributed by atoms with Crippen molar-refractivity contribution in [1.82, 2.24) is 19.5 Å². The molecule has 2 N–H and O–H groups in total. The van der Waals surface area contributed by atoms with E-state index in [0.717, 1.165) is 24.6 Å². The van der Waals surface area contributed by atoms with Crippen LogP contribution in [0.15, 0.2) is 6.33 Å². The van der Waals surface area contributed by atoms with Crippen LogP contribution >= 0.6 is 0 Å². The van der Waals surface area contributed by atoms with Gasteiger partial charge in [-0.25, -0.2) is 4.98 Å². The molecule has 2 aromatic rings. The van der Waals surface area contributed by atoms with Gasteiger partial charge < -0.3 is 15.2 Å². The van der Waals surface area contributed by atoms with Gasteiger partial charge in [-0.05, 0) is 51.7 Å². The van der Waals surface area contributed by atoms with Crippen molar-refractivity contribution < 1.29 is 13.9 Å². The SMILES string of the molecule is CC[Si](C#C[C@@]1(COC(C)(C)C)CC[C@@](n2cnc3c(N)nc(F)nc32)([Si](C)C)O1)(CC)CC. The topological polar surface area (TPSA) is 88.1 Å². The van der Waals surface area contributed by atoms with Crippen molar-refractivity contribution in [2.45, 2.75) is 102 Å². The van der Waals surface area contributed by atoms with Gasteiger partial charge in [-0.1, -0.05) is 39.8 Å². The summed E-state index contributed by atoms with van der Waals surface area (Å²) < 4.78 is 29.3. The molecule has 7 nitrogen and oxygen atoms in total. The molecule has 0 unspecified atom stereocenters. The smallest absolute Gasteiger partial charge is 0.312 e. The first-order valence-electron chi connectivity index (χ1n) is 12.2. The van der Waals surface area contributed by atoms with E-state index in [4.69, 9.17) is 15.2 Å². The molecule has 0 amide bonds. The van der Waals surface area contributed by atoms with Crippen molar-refractivity contribution in [3.63, 3.8) is 0 Å². The van der Waals surface area contributed by atoms with E-state index in [1.54, 1.807) is 6.33 Å². The summed E-state index contributed by atoms with van der Waals surface area (Å²) in [6, 6.07) is 3.35. The second-order valence-electron chi connectivity index (χ2n) is 10.5. The molecule has 2 aromatic heterocycles. The van der Waals surface area contributed by atoms with Gasteiger partial charge in [-0.15, -0.1) is 5.54 Å². The molecule has 3 rings (SSSR count). The normalized spacial score (nSPS) is 23.5. The largest absolute Gasteiger partial charge is 0.382 e. The molecular formula is C24H39FN5O2Si2. The molecule has 1 fully saturated rings. The number of imidazole rings is 1. The van der Waals surface area contributed by atoms with Gasteiger partial charge in [-0.2, -0.15) is 14.4 Å². The van der Waals surface area contributed by atoms with Crippen LogP contribution in [0.25, 0.3) is 11.2 Å². The summed E-state index contributed by atoms with van der Waals surface area (Å²) in [5.41, 5.74) is 9.36. The van der Waals surface area contributed by atoms with Crippen molar-refractivity contribution in [2.75, 3.05) is 12.3 Å². The van der Waals surface area contributed by atoms with Gasteiger partial charge in [0.25, 0.3) is 0 Å². The fraction of sp³-hybridized carbons (Fsp3) is 0.708. The van der Waals surface area contributed by atoms with Crippen LogP contribution in [0.5, 0.6) is 0 Å². The number of ether oxygens (including phenoxy) is 2. The van der Waals surface area contributed by atoms with E-state index in [0.29, 0.717) is 24.2 Å². The van der Waals surface area contributed by atoms with Crippen LogP contribution in [0, 0.1) is 17.5 Å². The summed E-state index contributed by atoms with van der Waals surface area (Å²) in [6.45, 7) is 17.6. The number of nitrogens with two attached hydrogens (primary N) is 1. The molecule has 187 valence electrons. The summed E-state index contributed by atoms with van der Waals surface area (Å²) in [4.78, 5) is 12.1. The lowest BCUT2D eigenvalue weighted by Crippen LogP contribution is -2.48. The Balaban J connectivity index is 2.13. The lowest BCUT2D eigenvalue weighted by molar-refractivity contribution is -0.130. The van der Waals surface area contributed by atoms with Crippen LogP contribution in [0.4, 0.5) is 10.2 Å². The monoisotopic (exact) mass is 504 g/mol. The number of hydrogen-bond donors (Lipinski definition) is 1. The molecular weight excluding hydrogens is 465 g/mol. The van der Waals surface area contributed by atoms with Gasteiger partial charge in [0, 0.05) is 0 Å². The molecule has 0 saturated carbocycles. The van der Waals surface area contributed by atoms with E-state index < -0.39 is 33.9 Å². The third kappa shape index (κ3) is 5.08. The third-order valence-corrected chi connectivity index (χ3v) is 14.0. The van der Waals surface area contributed by atoms with Gasteiger partial charge in [0.2, 0.25) is 0 Å². The van der Waals surface area contributed by atoms with Gasteiger partial charge >= 0.3 is 6.08 Å². The number of anilines is 1. The number of fused-ring (bicyclic) bond motifs is 1. The maximum atomic E-state index is 14.1. The van der Waals surface area contributed by atoms with Gasteiger partial charge in [-0.3, -0.25) is 4.57 Å². The Bertz CT molecular complexity index is 1080. The van der Waals surface area contributed by atoms with Gasteiger partial charge in [0.15, 0.2) is 22.6 Å². The number of nitrogen functional groups attached to an aromatic ring is 1. The summed E-state index contributed by atoms with van der Waals surface area (Å²) in [7, 11) is -2.84. The van der Waals surface area contributed by atoms with Gasteiger partial charge in [0.05, 0.1) is 18.5 Å². The zero-order valence-electron chi connectivity index (χ0n) is 21.9. The van der Waals surface area contributed by atoms with Gasteiger partial charge in [0.1, 0.15) is 22.2 Å². The fourth-order valence-electron chi connectivity index (χ4n) is 4.54. The second kappa shape index (κ2) is 9.68. The number of nitrogens with zero attached hydrogens (tertiary/aromatic N) is 4. The summed E-state index contributed by atoms with van der Waals surface area (Å²) in [5, 5.41) is -0.711.